The molecule has 2 aromatic carbocycles. The quantitative estimate of drug-likeness (QED) is 0.876. The molecule has 5 nitrogen and oxygen atoms in total. The minimum atomic E-state index is -2.90. The van der Waals surface area contributed by atoms with Gasteiger partial charge in [-0.1, -0.05) is 29.8 Å². The lowest BCUT2D eigenvalue weighted by Gasteiger charge is -2.25. The van der Waals surface area contributed by atoms with Gasteiger partial charge in [0.05, 0.1) is 17.9 Å². The highest BCUT2D eigenvalue weighted by atomic mass is 32.2. The van der Waals surface area contributed by atoms with Crippen LogP contribution in [0, 0.1) is 6.92 Å². The summed E-state index contributed by atoms with van der Waals surface area (Å²) in [6.07, 6.45) is 0.996. The number of hydrogen-bond acceptors (Lipinski definition) is 4. The lowest BCUT2D eigenvalue weighted by atomic mass is 10.1. The van der Waals surface area contributed by atoms with Crippen LogP contribution >= 0.6 is 0 Å². The van der Waals surface area contributed by atoms with E-state index in [0.717, 1.165) is 16.9 Å². The van der Waals surface area contributed by atoms with Crippen molar-refractivity contribution >= 4 is 27.1 Å². The smallest absolute Gasteiger partial charge is 0.228 e. The van der Waals surface area contributed by atoms with Crippen molar-refractivity contribution in [1.82, 2.24) is 0 Å². The number of nitrogens with zero attached hydrogens (tertiary/aromatic N) is 1. The number of carbonyl (C=O) groups excluding carboxylic acids is 1. The van der Waals surface area contributed by atoms with Crippen molar-refractivity contribution in [3.63, 3.8) is 0 Å². The van der Waals surface area contributed by atoms with Crippen LogP contribution in [0.2, 0.25) is 0 Å². The molecule has 138 valence electrons. The van der Waals surface area contributed by atoms with Gasteiger partial charge in [0, 0.05) is 24.5 Å². The minimum Gasteiger partial charge on any atom is -0.371 e. The molecular weight excluding hydrogens is 348 g/mol. The van der Waals surface area contributed by atoms with Gasteiger partial charge in [0.15, 0.2) is 9.84 Å². The molecule has 0 saturated carbocycles. The monoisotopic (exact) mass is 372 g/mol. The Kier molecular flexibility index (Phi) is 5.32. The fraction of sp³-hybridized carbons (Fsp3) is 0.350. The van der Waals surface area contributed by atoms with Crippen molar-refractivity contribution in [2.45, 2.75) is 25.8 Å². The topological polar surface area (TPSA) is 66.5 Å². The van der Waals surface area contributed by atoms with Crippen molar-refractivity contribution < 1.29 is 13.2 Å². The Morgan fingerprint density at radius 1 is 1.12 bits per heavy atom. The van der Waals surface area contributed by atoms with Gasteiger partial charge in [0.25, 0.3) is 0 Å². The van der Waals surface area contributed by atoms with E-state index in [9.17, 15) is 13.2 Å². The summed E-state index contributed by atoms with van der Waals surface area (Å²) in [6, 6.07) is 15.4. The molecule has 0 aliphatic carbocycles. The average molecular weight is 372 g/mol. The molecule has 1 heterocycles. The van der Waals surface area contributed by atoms with E-state index in [2.05, 4.69) is 5.32 Å². The fourth-order valence-corrected chi connectivity index (χ4v) is 4.94. The maximum Gasteiger partial charge on any atom is 0.228 e. The molecule has 26 heavy (non-hydrogen) atoms. The fourth-order valence-electron chi connectivity index (χ4n) is 3.17. The van der Waals surface area contributed by atoms with Gasteiger partial charge in [0.2, 0.25) is 5.91 Å². The summed E-state index contributed by atoms with van der Waals surface area (Å²) in [5, 5.41) is 2.90. The van der Waals surface area contributed by atoms with Crippen molar-refractivity contribution in [2.75, 3.05) is 28.8 Å². The second kappa shape index (κ2) is 7.50. The van der Waals surface area contributed by atoms with Gasteiger partial charge in [-0.05, 0) is 43.2 Å². The first-order valence-corrected chi connectivity index (χ1v) is 10.5. The number of rotatable bonds is 5. The Labute approximate surface area is 154 Å². The van der Waals surface area contributed by atoms with Gasteiger partial charge in [-0.3, -0.25) is 4.79 Å². The van der Waals surface area contributed by atoms with Crippen molar-refractivity contribution in [2.24, 2.45) is 0 Å². The number of sulfone groups is 1. The normalized spacial score (nSPS) is 18.5. The summed E-state index contributed by atoms with van der Waals surface area (Å²) in [7, 11) is -0.991. The van der Waals surface area contributed by atoms with Crippen LogP contribution in [0.1, 0.15) is 17.5 Å². The minimum absolute atomic E-state index is 0.0157. The Balaban J connectivity index is 1.58. The first kappa shape index (κ1) is 18.5. The largest absolute Gasteiger partial charge is 0.371 e. The molecule has 6 heteroatoms. The molecule has 2 aromatic rings. The van der Waals surface area contributed by atoms with E-state index in [-0.39, 0.29) is 23.5 Å². The molecule has 1 atom stereocenters. The molecule has 1 saturated heterocycles. The van der Waals surface area contributed by atoms with Crippen LogP contribution in [0.25, 0.3) is 0 Å². The predicted molar refractivity (Wildman–Crippen MR) is 105 cm³/mol. The van der Waals surface area contributed by atoms with Gasteiger partial charge in [0.1, 0.15) is 0 Å². The Morgan fingerprint density at radius 3 is 2.35 bits per heavy atom. The summed E-state index contributed by atoms with van der Waals surface area (Å²) in [6.45, 7) is 2.02. The average Bonchev–Trinajstić information content (AvgIpc) is 2.97. The number of aryl methyl sites for hydroxylation is 1. The highest BCUT2D eigenvalue weighted by Gasteiger charge is 2.30. The van der Waals surface area contributed by atoms with E-state index in [1.165, 1.54) is 5.56 Å². The number of benzene rings is 2. The summed E-state index contributed by atoms with van der Waals surface area (Å²) in [5.41, 5.74) is 3.83. The van der Waals surface area contributed by atoms with Gasteiger partial charge in [-0.25, -0.2) is 8.42 Å². The summed E-state index contributed by atoms with van der Waals surface area (Å²) in [5.74, 6) is 0.407. The van der Waals surface area contributed by atoms with E-state index < -0.39 is 9.84 Å². The van der Waals surface area contributed by atoms with Gasteiger partial charge >= 0.3 is 0 Å². The van der Waals surface area contributed by atoms with E-state index in [1.54, 1.807) is 0 Å². The first-order valence-electron chi connectivity index (χ1n) is 8.71. The summed E-state index contributed by atoms with van der Waals surface area (Å²) in [4.78, 5) is 14.2. The molecule has 1 N–H and O–H groups in total. The van der Waals surface area contributed by atoms with Gasteiger partial charge < -0.3 is 10.2 Å². The van der Waals surface area contributed by atoms with Crippen LogP contribution in [0.15, 0.2) is 48.5 Å². The zero-order valence-corrected chi connectivity index (χ0v) is 15.9. The number of nitrogens with one attached hydrogen (secondary N) is 1. The Bertz CT molecular complexity index is 874. The lowest BCUT2D eigenvalue weighted by Crippen LogP contribution is -2.32. The zero-order valence-electron chi connectivity index (χ0n) is 15.1. The molecule has 1 unspecified atom stereocenters. The van der Waals surface area contributed by atoms with E-state index in [0.29, 0.717) is 12.8 Å². The molecule has 0 spiro atoms. The third-order valence-electron chi connectivity index (χ3n) is 4.80. The van der Waals surface area contributed by atoms with Crippen LogP contribution in [0.5, 0.6) is 0 Å². The third-order valence-corrected chi connectivity index (χ3v) is 6.55. The number of anilines is 2. The van der Waals surface area contributed by atoms with Crippen molar-refractivity contribution in [1.29, 1.82) is 0 Å². The zero-order chi connectivity index (χ0) is 18.7. The first-order chi connectivity index (χ1) is 12.3. The number of hydrogen-bond donors (Lipinski definition) is 1. The summed E-state index contributed by atoms with van der Waals surface area (Å²) >= 11 is 0. The maximum absolute atomic E-state index is 12.2. The SMILES string of the molecule is Cc1ccc(CC(=O)Nc2ccc(N(C)C3CCS(=O)(=O)C3)cc2)cc1. The molecule has 3 rings (SSSR count). The third kappa shape index (κ3) is 4.64. The molecule has 0 bridgehead atoms. The van der Waals surface area contributed by atoms with Crippen molar-refractivity contribution in [3.8, 4) is 0 Å². The van der Waals surface area contributed by atoms with Crippen LogP contribution < -0.4 is 10.2 Å². The highest BCUT2D eigenvalue weighted by Crippen LogP contribution is 2.24. The highest BCUT2D eigenvalue weighted by molar-refractivity contribution is 7.91. The van der Waals surface area contributed by atoms with E-state index in [1.807, 2.05) is 67.4 Å². The standard InChI is InChI=1S/C20H24N2O3S/c1-15-3-5-16(6-4-15)13-20(23)21-17-7-9-18(10-8-17)22(2)19-11-12-26(24,25)14-19/h3-10,19H,11-14H2,1-2H3,(H,21,23). The Morgan fingerprint density at radius 2 is 1.77 bits per heavy atom. The molecule has 1 fully saturated rings. The van der Waals surface area contributed by atoms with Gasteiger partial charge in [-0.2, -0.15) is 0 Å². The van der Waals surface area contributed by atoms with Gasteiger partial charge in [-0.15, -0.1) is 0 Å². The van der Waals surface area contributed by atoms with E-state index in [4.69, 9.17) is 0 Å². The lowest BCUT2D eigenvalue weighted by molar-refractivity contribution is -0.115. The second-order valence-corrected chi connectivity index (χ2v) is 9.15. The number of amides is 1. The van der Waals surface area contributed by atoms with E-state index >= 15 is 0 Å². The molecular formula is C20H24N2O3S. The molecule has 1 aliphatic heterocycles. The van der Waals surface area contributed by atoms with Crippen molar-refractivity contribution in [3.05, 3.63) is 59.7 Å². The Hall–Kier alpha value is -2.34. The molecule has 1 aliphatic rings. The van der Waals surface area contributed by atoms with Crippen LogP contribution in [0.4, 0.5) is 11.4 Å². The second-order valence-electron chi connectivity index (χ2n) is 6.93. The predicted octanol–water partition coefficient (Wildman–Crippen LogP) is 2.80. The maximum atomic E-state index is 12.2. The summed E-state index contributed by atoms with van der Waals surface area (Å²) < 4.78 is 23.3. The molecule has 1 amide bonds. The van der Waals surface area contributed by atoms with Crippen LogP contribution in [-0.2, 0) is 21.1 Å². The van der Waals surface area contributed by atoms with Crippen LogP contribution in [-0.4, -0.2) is 38.9 Å². The number of carbonyl (C=O) groups is 1. The molecule has 0 radical (unpaired) electrons. The van der Waals surface area contributed by atoms with Crippen LogP contribution in [0.3, 0.4) is 0 Å². The molecule has 0 aromatic heterocycles.